The van der Waals surface area contributed by atoms with Crippen LogP contribution in [-0.2, 0) is 23.5 Å². The molecule has 1 N–H and O–H groups in total. The van der Waals surface area contributed by atoms with Gasteiger partial charge < -0.3 is 5.32 Å². The maximum Gasteiger partial charge on any atom is 0.231 e. The first-order chi connectivity index (χ1) is 16.0. The molecule has 6 nitrogen and oxygen atoms in total. The van der Waals surface area contributed by atoms with Crippen LogP contribution < -0.4 is 5.32 Å². The Bertz CT molecular complexity index is 1280. The summed E-state index contributed by atoms with van der Waals surface area (Å²) < 4.78 is 16.1. The third kappa shape index (κ3) is 5.55. The van der Waals surface area contributed by atoms with Gasteiger partial charge in [0.05, 0.1) is 17.7 Å². The van der Waals surface area contributed by atoms with Crippen molar-refractivity contribution >= 4 is 34.7 Å². The molecule has 0 aliphatic carbocycles. The summed E-state index contributed by atoms with van der Waals surface area (Å²) in [7, 11) is 0. The molecule has 4 aromatic rings. The van der Waals surface area contributed by atoms with E-state index in [1.54, 1.807) is 24.3 Å². The van der Waals surface area contributed by atoms with Crippen molar-refractivity contribution in [1.82, 2.24) is 19.7 Å². The highest BCUT2D eigenvalue weighted by Crippen LogP contribution is 2.28. The number of aryl methyl sites for hydroxylation is 1. The van der Waals surface area contributed by atoms with E-state index >= 15 is 0 Å². The van der Waals surface area contributed by atoms with Crippen molar-refractivity contribution in [2.24, 2.45) is 0 Å². The molecule has 0 fully saturated rings. The van der Waals surface area contributed by atoms with Crippen LogP contribution >= 0.6 is 23.1 Å². The van der Waals surface area contributed by atoms with Gasteiger partial charge in [0, 0.05) is 23.4 Å². The van der Waals surface area contributed by atoms with Crippen LogP contribution in [0.15, 0.2) is 71.7 Å². The van der Waals surface area contributed by atoms with Crippen molar-refractivity contribution in [3.63, 3.8) is 0 Å². The lowest BCUT2D eigenvalue weighted by molar-refractivity contribution is -0.115. The Balaban J connectivity index is 1.41. The number of thioether (sulfide) groups is 1. The summed E-state index contributed by atoms with van der Waals surface area (Å²) in [5.41, 5.74) is 3.07. The first kappa shape index (κ1) is 22.9. The summed E-state index contributed by atoms with van der Waals surface area (Å²) in [6.45, 7) is 6.20. The normalized spacial score (nSPS) is 10.8. The van der Waals surface area contributed by atoms with Crippen molar-refractivity contribution in [2.45, 2.75) is 30.8 Å². The lowest BCUT2D eigenvalue weighted by Gasteiger charge is -2.08. The van der Waals surface area contributed by atoms with Gasteiger partial charge in [-0.2, -0.15) is 0 Å². The quantitative estimate of drug-likeness (QED) is 0.253. The molecule has 33 heavy (non-hydrogen) atoms. The number of amides is 1. The molecule has 0 aliphatic heterocycles. The molecule has 0 bridgehead atoms. The van der Waals surface area contributed by atoms with Gasteiger partial charge in [0.2, 0.25) is 5.91 Å². The second kappa shape index (κ2) is 10.5. The number of carbonyl (C=O) groups excluding carboxylic acids is 1. The number of hydrogen-bond acceptors (Lipinski definition) is 6. The van der Waals surface area contributed by atoms with E-state index in [2.05, 4.69) is 27.1 Å². The average Bonchev–Trinajstić information content (AvgIpc) is 3.41. The first-order valence-corrected chi connectivity index (χ1v) is 12.1. The van der Waals surface area contributed by atoms with Crippen LogP contribution in [0.2, 0.25) is 0 Å². The Morgan fingerprint density at radius 1 is 1.21 bits per heavy atom. The van der Waals surface area contributed by atoms with E-state index in [0.29, 0.717) is 28.8 Å². The molecule has 2 aromatic carbocycles. The highest BCUT2D eigenvalue weighted by atomic mass is 32.2. The second-order valence-corrected chi connectivity index (χ2v) is 9.13. The number of para-hydroxylation sites is 1. The van der Waals surface area contributed by atoms with E-state index in [4.69, 9.17) is 0 Å². The number of nitrogens with one attached hydrogen (secondary N) is 1. The van der Waals surface area contributed by atoms with Gasteiger partial charge in [-0.3, -0.25) is 9.36 Å². The molecule has 0 saturated carbocycles. The third-order valence-corrected chi connectivity index (χ3v) is 6.72. The van der Waals surface area contributed by atoms with E-state index < -0.39 is 0 Å². The van der Waals surface area contributed by atoms with Crippen LogP contribution in [0.3, 0.4) is 0 Å². The van der Waals surface area contributed by atoms with Crippen molar-refractivity contribution in [3.05, 3.63) is 88.6 Å². The van der Waals surface area contributed by atoms with Gasteiger partial charge in [0.15, 0.2) is 11.0 Å². The van der Waals surface area contributed by atoms with E-state index in [1.165, 1.54) is 29.2 Å². The van der Waals surface area contributed by atoms with Gasteiger partial charge in [0.25, 0.3) is 0 Å². The molecule has 1 amide bonds. The molecule has 2 heterocycles. The number of nitrogens with zero attached hydrogens (tertiary/aromatic N) is 4. The minimum Gasteiger partial charge on any atom is -0.325 e. The summed E-state index contributed by atoms with van der Waals surface area (Å²) in [5.74, 6) is 0.572. The van der Waals surface area contributed by atoms with Crippen LogP contribution in [0.4, 0.5) is 10.1 Å². The fourth-order valence-electron chi connectivity index (χ4n) is 3.21. The molecule has 0 unspecified atom stereocenters. The largest absolute Gasteiger partial charge is 0.325 e. The molecule has 0 aliphatic rings. The topological polar surface area (TPSA) is 72.7 Å². The summed E-state index contributed by atoms with van der Waals surface area (Å²) in [4.78, 5) is 17.0. The van der Waals surface area contributed by atoms with E-state index in [-0.39, 0.29) is 18.1 Å². The molecule has 168 valence electrons. The molecule has 0 spiro atoms. The van der Waals surface area contributed by atoms with Gasteiger partial charge in [-0.1, -0.05) is 48.2 Å². The predicted molar refractivity (Wildman–Crippen MR) is 131 cm³/mol. The number of rotatable bonds is 9. The molecular formula is C24H22FN5OS2. The Morgan fingerprint density at radius 2 is 2.00 bits per heavy atom. The summed E-state index contributed by atoms with van der Waals surface area (Å²) in [6, 6.07) is 14.2. The molecule has 4 rings (SSSR count). The number of carbonyl (C=O) groups is 1. The van der Waals surface area contributed by atoms with Gasteiger partial charge >= 0.3 is 0 Å². The van der Waals surface area contributed by atoms with E-state index in [0.717, 1.165) is 22.0 Å². The van der Waals surface area contributed by atoms with Crippen molar-refractivity contribution in [2.75, 3.05) is 5.32 Å². The van der Waals surface area contributed by atoms with Crippen LogP contribution in [0.5, 0.6) is 0 Å². The molecule has 0 radical (unpaired) electrons. The Labute approximate surface area is 199 Å². The fourth-order valence-corrected chi connectivity index (χ4v) is 4.95. The second-order valence-electron chi connectivity index (χ2n) is 7.25. The van der Waals surface area contributed by atoms with Crippen molar-refractivity contribution in [1.29, 1.82) is 0 Å². The molecule has 9 heteroatoms. The standard InChI is InChI=1S/C24H22FN5OS2/c1-3-12-30-23(18-9-5-6-10-19(18)25)28-29-24(30)33-15-17-14-32-22(26-17)13-21(31)27-20-11-7-4-8-16(20)2/h3-11,14H,1,12-13,15H2,2H3,(H,27,31). The third-order valence-electron chi connectivity index (χ3n) is 4.82. The predicted octanol–water partition coefficient (Wildman–Crippen LogP) is 5.51. The highest BCUT2D eigenvalue weighted by molar-refractivity contribution is 7.98. The summed E-state index contributed by atoms with van der Waals surface area (Å²) >= 11 is 2.91. The molecular weight excluding hydrogens is 457 g/mol. The van der Waals surface area contributed by atoms with Crippen LogP contribution in [0, 0.1) is 12.7 Å². The maximum absolute atomic E-state index is 14.3. The zero-order valence-electron chi connectivity index (χ0n) is 18.0. The van der Waals surface area contributed by atoms with Crippen LogP contribution in [-0.4, -0.2) is 25.7 Å². The van der Waals surface area contributed by atoms with Gasteiger partial charge in [0.1, 0.15) is 10.8 Å². The number of halogens is 1. The van der Waals surface area contributed by atoms with E-state index in [9.17, 15) is 9.18 Å². The van der Waals surface area contributed by atoms with Crippen LogP contribution in [0.25, 0.3) is 11.4 Å². The number of allylic oxidation sites excluding steroid dienone is 1. The highest BCUT2D eigenvalue weighted by Gasteiger charge is 2.17. The van der Waals surface area contributed by atoms with Gasteiger partial charge in [-0.15, -0.1) is 28.1 Å². The van der Waals surface area contributed by atoms with Gasteiger partial charge in [-0.05, 0) is 30.7 Å². The maximum atomic E-state index is 14.3. The number of hydrogen-bond donors (Lipinski definition) is 1. The Kier molecular flexibility index (Phi) is 7.31. The number of aromatic nitrogens is 4. The fraction of sp³-hybridized carbons (Fsp3) is 0.167. The Hall–Kier alpha value is -3.30. The van der Waals surface area contributed by atoms with Crippen molar-refractivity contribution < 1.29 is 9.18 Å². The number of anilines is 1. The SMILES string of the molecule is C=CCn1c(SCc2csc(CC(=O)Nc3ccccc3C)n2)nnc1-c1ccccc1F. The Morgan fingerprint density at radius 3 is 2.79 bits per heavy atom. The smallest absolute Gasteiger partial charge is 0.231 e. The van der Waals surface area contributed by atoms with E-state index in [1.807, 2.05) is 41.1 Å². The summed E-state index contributed by atoms with van der Waals surface area (Å²) in [6.07, 6.45) is 1.94. The molecule has 0 saturated heterocycles. The molecule has 2 aromatic heterocycles. The lowest BCUT2D eigenvalue weighted by Crippen LogP contribution is -2.15. The molecule has 0 atom stereocenters. The first-order valence-electron chi connectivity index (χ1n) is 10.3. The van der Waals surface area contributed by atoms with Gasteiger partial charge in [-0.25, -0.2) is 9.37 Å². The van der Waals surface area contributed by atoms with Crippen LogP contribution in [0.1, 0.15) is 16.3 Å². The zero-order valence-corrected chi connectivity index (χ0v) is 19.6. The van der Waals surface area contributed by atoms with Crippen molar-refractivity contribution in [3.8, 4) is 11.4 Å². The number of benzene rings is 2. The lowest BCUT2D eigenvalue weighted by atomic mass is 10.2. The minimum absolute atomic E-state index is 0.0990. The zero-order chi connectivity index (χ0) is 23.2. The summed E-state index contributed by atoms with van der Waals surface area (Å²) in [5, 5.41) is 14.7. The number of thiazole rings is 1. The minimum atomic E-state index is -0.347. The monoisotopic (exact) mass is 479 g/mol. The average molecular weight is 480 g/mol.